The van der Waals surface area contributed by atoms with Crippen LogP contribution in [0, 0.1) is 0 Å². The van der Waals surface area contributed by atoms with Crippen LogP contribution in [0.25, 0.3) is 10.8 Å². The highest BCUT2D eigenvalue weighted by atomic mass is 16.5. The zero-order valence-corrected chi connectivity index (χ0v) is 12.3. The molecule has 2 aromatic carbocycles. The number of rotatable bonds is 5. The Kier molecular flexibility index (Phi) is 3.88. The van der Waals surface area contributed by atoms with Crippen molar-refractivity contribution in [3.05, 3.63) is 59.9 Å². The number of hydrogen-bond acceptors (Lipinski definition) is 3. The molecule has 0 aliphatic heterocycles. The number of ether oxygens (including phenoxy) is 1. The summed E-state index contributed by atoms with van der Waals surface area (Å²) in [6, 6.07) is 14.5. The van der Waals surface area contributed by atoms with Crippen LogP contribution in [0.5, 0.6) is 5.75 Å². The second kappa shape index (κ2) is 5.97. The van der Waals surface area contributed by atoms with E-state index in [9.17, 15) is 0 Å². The summed E-state index contributed by atoms with van der Waals surface area (Å²) in [6.07, 6.45) is 1.92. The summed E-state index contributed by atoms with van der Waals surface area (Å²) in [4.78, 5) is 0. The third kappa shape index (κ3) is 2.90. The van der Waals surface area contributed by atoms with E-state index in [1.807, 2.05) is 32.4 Å². The van der Waals surface area contributed by atoms with Gasteiger partial charge in [-0.3, -0.25) is 4.68 Å². The third-order valence-corrected chi connectivity index (χ3v) is 3.50. The minimum Gasteiger partial charge on any atom is -0.487 e. The lowest BCUT2D eigenvalue weighted by Gasteiger charge is -2.13. The molecule has 0 atom stereocenters. The van der Waals surface area contributed by atoms with Crippen molar-refractivity contribution in [3.63, 3.8) is 0 Å². The highest BCUT2D eigenvalue weighted by Crippen LogP contribution is 2.28. The van der Waals surface area contributed by atoms with E-state index in [4.69, 9.17) is 4.74 Å². The monoisotopic (exact) mass is 281 g/mol. The lowest BCUT2D eigenvalue weighted by atomic mass is 10.0. The molecule has 0 aliphatic carbocycles. The number of nitrogens with one attached hydrogen (secondary N) is 1. The summed E-state index contributed by atoms with van der Waals surface area (Å²) < 4.78 is 7.77. The number of aromatic nitrogens is 2. The summed E-state index contributed by atoms with van der Waals surface area (Å²) >= 11 is 0. The molecule has 0 bridgehead atoms. The first kappa shape index (κ1) is 13.6. The van der Waals surface area contributed by atoms with Crippen LogP contribution < -0.4 is 10.1 Å². The Morgan fingerprint density at radius 3 is 2.76 bits per heavy atom. The van der Waals surface area contributed by atoms with E-state index in [1.54, 1.807) is 4.68 Å². The molecule has 0 fully saturated rings. The molecule has 0 amide bonds. The molecule has 1 N–H and O–H groups in total. The quantitative estimate of drug-likeness (QED) is 0.781. The molecule has 4 nitrogen and oxygen atoms in total. The second-order valence-electron chi connectivity index (χ2n) is 5.06. The summed E-state index contributed by atoms with van der Waals surface area (Å²) in [7, 11) is 3.86. The van der Waals surface area contributed by atoms with E-state index in [0.717, 1.165) is 18.0 Å². The largest absolute Gasteiger partial charge is 0.487 e. The highest BCUT2D eigenvalue weighted by molar-refractivity contribution is 5.87. The number of fused-ring (bicyclic) bond motifs is 1. The molecule has 0 saturated heterocycles. The molecule has 1 heterocycles. The van der Waals surface area contributed by atoms with Crippen molar-refractivity contribution in [1.82, 2.24) is 15.1 Å². The topological polar surface area (TPSA) is 39.1 Å². The zero-order chi connectivity index (χ0) is 14.7. The Hall–Kier alpha value is -2.33. The van der Waals surface area contributed by atoms with E-state index in [1.165, 1.54) is 16.3 Å². The molecule has 4 heteroatoms. The standard InChI is InChI=1S/C17H19N3O/c1-18-11-16-15-6-4-3-5-13(15)7-8-17(16)21-12-14-9-10-20(2)19-14/h3-10,18H,11-12H2,1-2H3. The van der Waals surface area contributed by atoms with Crippen molar-refractivity contribution in [2.24, 2.45) is 7.05 Å². The van der Waals surface area contributed by atoms with Crippen LogP contribution in [0.2, 0.25) is 0 Å². The van der Waals surface area contributed by atoms with Crippen LogP contribution >= 0.6 is 0 Å². The Bertz CT molecular complexity index is 749. The highest BCUT2D eigenvalue weighted by Gasteiger charge is 2.09. The fourth-order valence-corrected chi connectivity index (χ4v) is 2.50. The van der Waals surface area contributed by atoms with Crippen molar-refractivity contribution in [1.29, 1.82) is 0 Å². The van der Waals surface area contributed by atoms with E-state index in [-0.39, 0.29) is 0 Å². The second-order valence-corrected chi connectivity index (χ2v) is 5.06. The average Bonchev–Trinajstić information content (AvgIpc) is 2.92. The maximum atomic E-state index is 5.98. The van der Waals surface area contributed by atoms with E-state index in [2.05, 4.69) is 40.7 Å². The van der Waals surface area contributed by atoms with Gasteiger partial charge in [-0.2, -0.15) is 5.10 Å². The fourth-order valence-electron chi connectivity index (χ4n) is 2.50. The van der Waals surface area contributed by atoms with Gasteiger partial charge in [0.2, 0.25) is 0 Å². The molecule has 0 aliphatic rings. The number of hydrogen-bond donors (Lipinski definition) is 1. The van der Waals surface area contributed by atoms with Gasteiger partial charge in [-0.15, -0.1) is 0 Å². The van der Waals surface area contributed by atoms with E-state index < -0.39 is 0 Å². The zero-order valence-electron chi connectivity index (χ0n) is 12.3. The molecule has 21 heavy (non-hydrogen) atoms. The van der Waals surface area contributed by atoms with Gasteiger partial charge in [-0.25, -0.2) is 0 Å². The van der Waals surface area contributed by atoms with Gasteiger partial charge in [0.25, 0.3) is 0 Å². The molecule has 3 aromatic rings. The maximum absolute atomic E-state index is 5.98. The smallest absolute Gasteiger partial charge is 0.132 e. The van der Waals surface area contributed by atoms with Crippen LogP contribution in [0.15, 0.2) is 48.7 Å². The lowest BCUT2D eigenvalue weighted by molar-refractivity contribution is 0.297. The maximum Gasteiger partial charge on any atom is 0.132 e. The van der Waals surface area contributed by atoms with Gasteiger partial charge in [0.15, 0.2) is 0 Å². The molecule has 108 valence electrons. The van der Waals surface area contributed by atoms with Crippen molar-refractivity contribution < 1.29 is 4.74 Å². The van der Waals surface area contributed by atoms with Crippen LogP contribution in [0.4, 0.5) is 0 Å². The summed E-state index contributed by atoms with van der Waals surface area (Å²) in [6.45, 7) is 1.26. The van der Waals surface area contributed by atoms with Crippen LogP contribution in [0.1, 0.15) is 11.3 Å². The van der Waals surface area contributed by atoms with E-state index in [0.29, 0.717) is 6.61 Å². The molecular formula is C17H19N3O. The predicted octanol–water partition coefficient (Wildman–Crippen LogP) is 2.87. The van der Waals surface area contributed by atoms with Gasteiger partial charge < -0.3 is 10.1 Å². The third-order valence-electron chi connectivity index (χ3n) is 3.50. The first-order valence-corrected chi connectivity index (χ1v) is 7.04. The molecule has 0 saturated carbocycles. The number of benzene rings is 2. The van der Waals surface area contributed by atoms with E-state index >= 15 is 0 Å². The Morgan fingerprint density at radius 1 is 1.14 bits per heavy atom. The van der Waals surface area contributed by atoms with Gasteiger partial charge in [0.1, 0.15) is 12.4 Å². The molecular weight excluding hydrogens is 262 g/mol. The molecule has 0 unspecified atom stereocenters. The van der Waals surface area contributed by atoms with Crippen molar-refractivity contribution >= 4 is 10.8 Å². The lowest BCUT2D eigenvalue weighted by Crippen LogP contribution is -2.08. The van der Waals surface area contributed by atoms with Gasteiger partial charge in [-0.1, -0.05) is 30.3 Å². The number of aryl methyl sites for hydroxylation is 1. The number of nitrogens with zero attached hydrogens (tertiary/aromatic N) is 2. The Balaban J connectivity index is 1.91. The average molecular weight is 281 g/mol. The first-order valence-electron chi connectivity index (χ1n) is 7.04. The van der Waals surface area contributed by atoms with Crippen molar-refractivity contribution in [3.8, 4) is 5.75 Å². The van der Waals surface area contributed by atoms with Crippen molar-refractivity contribution in [2.75, 3.05) is 7.05 Å². The molecule has 0 spiro atoms. The van der Waals surface area contributed by atoms with Gasteiger partial charge in [-0.05, 0) is 30.0 Å². The van der Waals surface area contributed by atoms with Gasteiger partial charge in [0.05, 0.1) is 5.69 Å². The van der Waals surface area contributed by atoms with Crippen LogP contribution in [-0.2, 0) is 20.2 Å². The predicted molar refractivity (Wildman–Crippen MR) is 84.3 cm³/mol. The first-order chi connectivity index (χ1) is 10.3. The minimum atomic E-state index is 0.482. The molecule has 3 rings (SSSR count). The van der Waals surface area contributed by atoms with Crippen molar-refractivity contribution in [2.45, 2.75) is 13.2 Å². The van der Waals surface area contributed by atoms with Crippen LogP contribution in [-0.4, -0.2) is 16.8 Å². The SMILES string of the molecule is CNCc1c(OCc2ccn(C)n2)ccc2ccccc12. The van der Waals surface area contributed by atoms with Crippen LogP contribution in [0.3, 0.4) is 0 Å². The normalized spacial score (nSPS) is 11.0. The van der Waals surface area contributed by atoms with Gasteiger partial charge >= 0.3 is 0 Å². The molecule has 0 radical (unpaired) electrons. The summed E-state index contributed by atoms with van der Waals surface area (Å²) in [5.41, 5.74) is 2.12. The Morgan fingerprint density at radius 2 is 2.00 bits per heavy atom. The summed E-state index contributed by atoms with van der Waals surface area (Å²) in [5.74, 6) is 0.911. The summed E-state index contributed by atoms with van der Waals surface area (Å²) in [5, 5.41) is 10.0. The fraction of sp³-hybridized carbons (Fsp3) is 0.235. The Labute approximate surface area is 124 Å². The van der Waals surface area contributed by atoms with Gasteiger partial charge in [0, 0.05) is 25.4 Å². The molecule has 1 aromatic heterocycles. The minimum absolute atomic E-state index is 0.482.